The maximum Gasteiger partial charge on any atom is 0.310 e. The van der Waals surface area contributed by atoms with Gasteiger partial charge in [-0.15, -0.1) is 0 Å². The first-order chi connectivity index (χ1) is 6.64. The lowest BCUT2D eigenvalue weighted by molar-refractivity contribution is -0.144. The van der Waals surface area contributed by atoms with Crippen LogP contribution in [0.15, 0.2) is 0 Å². The molecule has 2 aliphatic carbocycles. The van der Waals surface area contributed by atoms with Crippen molar-refractivity contribution in [2.75, 3.05) is 13.6 Å². The minimum absolute atomic E-state index is 0.378. The summed E-state index contributed by atoms with van der Waals surface area (Å²) in [7, 11) is 2.08. The molecular formula is C11H19NO2. The number of nitrogens with zero attached hydrogens (tertiary/aromatic N) is 1. The molecule has 0 amide bonds. The molecule has 0 aromatic heterocycles. The van der Waals surface area contributed by atoms with Gasteiger partial charge in [0.1, 0.15) is 0 Å². The van der Waals surface area contributed by atoms with Gasteiger partial charge in [-0.2, -0.15) is 0 Å². The molecule has 14 heavy (non-hydrogen) atoms. The predicted molar refractivity (Wildman–Crippen MR) is 54.2 cm³/mol. The van der Waals surface area contributed by atoms with E-state index in [9.17, 15) is 4.79 Å². The Morgan fingerprint density at radius 1 is 1.43 bits per heavy atom. The van der Waals surface area contributed by atoms with Crippen molar-refractivity contribution in [1.29, 1.82) is 0 Å². The summed E-state index contributed by atoms with van der Waals surface area (Å²) in [5, 5.41) is 9.07. The second kappa shape index (κ2) is 3.54. The third-order valence-electron chi connectivity index (χ3n) is 3.81. The van der Waals surface area contributed by atoms with Crippen molar-refractivity contribution in [3.8, 4) is 0 Å². The van der Waals surface area contributed by atoms with Gasteiger partial charge in [0.2, 0.25) is 0 Å². The van der Waals surface area contributed by atoms with Crippen LogP contribution in [-0.2, 0) is 4.79 Å². The van der Waals surface area contributed by atoms with E-state index in [0.29, 0.717) is 6.04 Å². The molecule has 2 rings (SSSR count). The predicted octanol–water partition coefficient (Wildman–Crippen LogP) is 1.73. The zero-order valence-electron chi connectivity index (χ0n) is 8.83. The molecule has 2 aliphatic rings. The van der Waals surface area contributed by atoms with Gasteiger partial charge in [-0.25, -0.2) is 0 Å². The number of hydrogen-bond acceptors (Lipinski definition) is 2. The quantitative estimate of drug-likeness (QED) is 0.746. The van der Waals surface area contributed by atoms with E-state index in [2.05, 4.69) is 11.9 Å². The van der Waals surface area contributed by atoms with E-state index >= 15 is 0 Å². The summed E-state index contributed by atoms with van der Waals surface area (Å²) >= 11 is 0. The third-order valence-corrected chi connectivity index (χ3v) is 3.81. The molecule has 2 fully saturated rings. The average Bonchev–Trinajstić information content (AvgIpc) is 2.74. The first kappa shape index (κ1) is 9.97. The van der Waals surface area contributed by atoms with E-state index in [1.807, 2.05) is 0 Å². The normalized spacial score (nSPS) is 25.6. The van der Waals surface area contributed by atoms with E-state index < -0.39 is 5.97 Å². The number of aliphatic carboxylic acids is 1. The lowest BCUT2D eigenvalue weighted by atomic mass is 10.1. The first-order valence-electron chi connectivity index (χ1n) is 5.58. The molecule has 3 heteroatoms. The standard InChI is InChI=1S/C11H19NO2/c1-12(9-4-2-3-5-9)8-11(6-7-11)10(13)14/h9H,2-8H2,1H3,(H,13,14). The maximum absolute atomic E-state index is 11.0. The van der Waals surface area contributed by atoms with Gasteiger partial charge in [0, 0.05) is 12.6 Å². The molecule has 1 N–H and O–H groups in total. The van der Waals surface area contributed by atoms with Crippen LogP contribution < -0.4 is 0 Å². The fraction of sp³-hybridized carbons (Fsp3) is 0.909. The maximum atomic E-state index is 11.0. The van der Waals surface area contributed by atoms with E-state index in [1.54, 1.807) is 0 Å². The number of carboxylic acid groups (broad SMARTS) is 1. The van der Waals surface area contributed by atoms with E-state index in [4.69, 9.17) is 5.11 Å². The summed E-state index contributed by atoms with van der Waals surface area (Å²) in [5.74, 6) is -0.595. The molecule has 0 radical (unpaired) electrons. The highest BCUT2D eigenvalue weighted by Crippen LogP contribution is 2.47. The molecule has 0 atom stereocenters. The van der Waals surface area contributed by atoms with Gasteiger partial charge in [0.25, 0.3) is 0 Å². The Morgan fingerprint density at radius 2 is 2.00 bits per heavy atom. The van der Waals surface area contributed by atoms with Crippen molar-refractivity contribution in [1.82, 2.24) is 4.90 Å². The molecule has 0 aliphatic heterocycles. The van der Waals surface area contributed by atoms with Crippen molar-refractivity contribution < 1.29 is 9.90 Å². The molecule has 0 bridgehead atoms. The van der Waals surface area contributed by atoms with E-state index in [0.717, 1.165) is 19.4 Å². The molecule has 0 unspecified atom stereocenters. The summed E-state index contributed by atoms with van der Waals surface area (Å²) in [6.07, 6.45) is 6.89. The van der Waals surface area contributed by atoms with Gasteiger partial charge >= 0.3 is 5.97 Å². The smallest absolute Gasteiger partial charge is 0.310 e. The van der Waals surface area contributed by atoms with Gasteiger partial charge in [0.05, 0.1) is 5.41 Å². The zero-order valence-corrected chi connectivity index (χ0v) is 8.83. The largest absolute Gasteiger partial charge is 0.481 e. The van der Waals surface area contributed by atoms with Crippen molar-refractivity contribution in [3.05, 3.63) is 0 Å². The summed E-state index contributed by atoms with van der Waals surface area (Å²) in [5.41, 5.74) is -0.378. The van der Waals surface area contributed by atoms with E-state index in [1.165, 1.54) is 25.7 Å². The minimum atomic E-state index is -0.595. The molecular weight excluding hydrogens is 178 g/mol. The highest BCUT2D eigenvalue weighted by Gasteiger charge is 2.51. The third kappa shape index (κ3) is 1.78. The molecule has 0 heterocycles. The van der Waals surface area contributed by atoms with Gasteiger partial charge in [-0.3, -0.25) is 4.79 Å². The number of carboxylic acids is 1. The average molecular weight is 197 g/mol. The van der Waals surface area contributed by atoms with Crippen molar-refractivity contribution in [3.63, 3.8) is 0 Å². The van der Waals surface area contributed by atoms with Gasteiger partial charge < -0.3 is 10.0 Å². The molecule has 2 saturated carbocycles. The summed E-state index contributed by atoms with van der Waals surface area (Å²) in [4.78, 5) is 13.3. The van der Waals surface area contributed by atoms with Crippen LogP contribution in [0.1, 0.15) is 38.5 Å². The van der Waals surface area contributed by atoms with Crippen LogP contribution in [-0.4, -0.2) is 35.6 Å². The fourth-order valence-corrected chi connectivity index (χ4v) is 2.54. The van der Waals surface area contributed by atoms with Crippen LogP contribution in [0.3, 0.4) is 0 Å². The number of hydrogen-bond donors (Lipinski definition) is 1. The molecule has 0 aromatic rings. The lowest BCUT2D eigenvalue weighted by Crippen LogP contribution is -2.37. The van der Waals surface area contributed by atoms with Crippen LogP contribution in [0.2, 0.25) is 0 Å². The molecule has 3 nitrogen and oxygen atoms in total. The molecule has 80 valence electrons. The highest BCUT2D eigenvalue weighted by molar-refractivity contribution is 5.78. The lowest BCUT2D eigenvalue weighted by Gasteiger charge is -2.26. The summed E-state index contributed by atoms with van der Waals surface area (Å²) in [6.45, 7) is 0.757. The zero-order chi connectivity index (χ0) is 10.2. The second-order valence-corrected chi connectivity index (χ2v) is 4.94. The highest BCUT2D eigenvalue weighted by atomic mass is 16.4. The van der Waals surface area contributed by atoms with Crippen LogP contribution in [0.4, 0.5) is 0 Å². The van der Waals surface area contributed by atoms with Crippen LogP contribution in [0.5, 0.6) is 0 Å². The van der Waals surface area contributed by atoms with Crippen LogP contribution in [0, 0.1) is 5.41 Å². The van der Waals surface area contributed by atoms with Crippen molar-refractivity contribution in [2.45, 2.75) is 44.6 Å². The topological polar surface area (TPSA) is 40.5 Å². The Morgan fingerprint density at radius 3 is 2.43 bits per heavy atom. The monoisotopic (exact) mass is 197 g/mol. The Bertz CT molecular complexity index is 229. The van der Waals surface area contributed by atoms with Crippen LogP contribution in [0.25, 0.3) is 0 Å². The van der Waals surface area contributed by atoms with Crippen LogP contribution >= 0.6 is 0 Å². The Balaban J connectivity index is 1.87. The van der Waals surface area contributed by atoms with Crippen molar-refractivity contribution in [2.24, 2.45) is 5.41 Å². The number of rotatable bonds is 4. The van der Waals surface area contributed by atoms with E-state index in [-0.39, 0.29) is 5.41 Å². The second-order valence-electron chi connectivity index (χ2n) is 4.94. The molecule has 0 spiro atoms. The van der Waals surface area contributed by atoms with Gasteiger partial charge in [-0.05, 0) is 32.7 Å². The Kier molecular flexibility index (Phi) is 2.52. The number of carbonyl (C=O) groups is 1. The fourth-order valence-electron chi connectivity index (χ4n) is 2.54. The first-order valence-corrected chi connectivity index (χ1v) is 5.58. The summed E-state index contributed by atoms with van der Waals surface area (Å²) < 4.78 is 0. The molecule has 0 aromatic carbocycles. The molecule has 0 saturated heterocycles. The summed E-state index contributed by atoms with van der Waals surface area (Å²) in [6, 6.07) is 0.645. The van der Waals surface area contributed by atoms with Gasteiger partial charge in [-0.1, -0.05) is 12.8 Å². The SMILES string of the molecule is CN(CC1(C(=O)O)CC1)C1CCCC1. The Labute approximate surface area is 85.1 Å². The Hall–Kier alpha value is -0.570. The van der Waals surface area contributed by atoms with Crippen molar-refractivity contribution >= 4 is 5.97 Å². The van der Waals surface area contributed by atoms with Gasteiger partial charge in [0.15, 0.2) is 0 Å². The minimum Gasteiger partial charge on any atom is -0.481 e.